The summed E-state index contributed by atoms with van der Waals surface area (Å²) in [7, 11) is 6.33. The first-order chi connectivity index (χ1) is 20.1. The molecule has 12 nitrogen and oxygen atoms in total. The van der Waals surface area contributed by atoms with Gasteiger partial charge >= 0.3 is 6.03 Å². The molecule has 14 heteroatoms. The highest BCUT2D eigenvalue weighted by Gasteiger charge is 2.35. The number of urea groups is 1. The number of carbonyl (C=O) groups is 2. The lowest BCUT2D eigenvalue weighted by atomic mass is 10.1. The second kappa shape index (κ2) is 11.6. The summed E-state index contributed by atoms with van der Waals surface area (Å²) in [6.07, 6.45) is 6.39. The fourth-order valence-corrected chi connectivity index (χ4v) is 5.17. The third kappa shape index (κ3) is 5.29. The van der Waals surface area contributed by atoms with Gasteiger partial charge in [-0.1, -0.05) is 35.8 Å². The highest BCUT2D eigenvalue weighted by atomic mass is 35.5. The van der Waals surface area contributed by atoms with Gasteiger partial charge in [0.1, 0.15) is 27.4 Å². The average molecular weight is 609 g/mol. The summed E-state index contributed by atoms with van der Waals surface area (Å²) in [6.45, 7) is 3.61. The van der Waals surface area contributed by atoms with Crippen LogP contribution in [0, 0.1) is 0 Å². The van der Waals surface area contributed by atoms with Crippen molar-refractivity contribution in [3.05, 3.63) is 71.1 Å². The Hall–Kier alpha value is -4.81. The van der Waals surface area contributed by atoms with Crippen molar-refractivity contribution < 1.29 is 19.1 Å². The first kappa shape index (κ1) is 28.7. The number of nitrogens with one attached hydrogen (secondary N) is 2. The number of halogens is 2. The average Bonchev–Trinajstić information content (AvgIpc) is 3.43. The van der Waals surface area contributed by atoms with Crippen LogP contribution in [0.3, 0.4) is 0 Å². The van der Waals surface area contributed by atoms with Crippen LogP contribution in [0.4, 0.5) is 33.6 Å². The van der Waals surface area contributed by atoms with Crippen LogP contribution in [0.2, 0.25) is 10.0 Å². The van der Waals surface area contributed by atoms with Crippen LogP contribution < -0.4 is 29.9 Å². The molecule has 0 bridgehead atoms. The van der Waals surface area contributed by atoms with E-state index >= 15 is 0 Å². The van der Waals surface area contributed by atoms with Crippen molar-refractivity contribution in [1.82, 2.24) is 19.7 Å². The maximum Gasteiger partial charge on any atom is 0.330 e. The van der Waals surface area contributed by atoms with Gasteiger partial charge in [0.25, 0.3) is 0 Å². The van der Waals surface area contributed by atoms with Crippen LogP contribution in [0.25, 0.3) is 11.1 Å². The first-order valence-corrected chi connectivity index (χ1v) is 13.2. The summed E-state index contributed by atoms with van der Waals surface area (Å²) >= 11 is 13.2. The van der Waals surface area contributed by atoms with Gasteiger partial charge < -0.3 is 20.1 Å². The number of nitrogens with zero attached hydrogens (tertiary/aromatic N) is 6. The van der Waals surface area contributed by atoms with Crippen LogP contribution in [-0.2, 0) is 18.4 Å². The van der Waals surface area contributed by atoms with Crippen LogP contribution in [0.5, 0.6) is 11.5 Å². The predicted molar refractivity (Wildman–Crippen MR) is 162 cm³/mol. The summed E-state index contributed by atoms with van der Waals surface area (Å²) < 4.78 is 12.4. The molecule has 2 aromatic carbocycles. The molecule has 0 atom stereocenters. The molecule has 0 aliphatic carbocycles. The van der Waals surface area contributed by atoms with Crippen molar-refractivity contribution >= 4 is 64.0 Å². The third-order valence-electron chi connectivity index (χ3n) is 6.57. The van der Waals surface area contributed by atoms with Gasteiger partial charge in [-0.3, -0.25) is 19.3 Å². The number of amides is 3. The molecular weight excluding hydrogens is 583 g/mol. The summed E-state index contributed by atoms with van der Waals surface area (Å²) in [5, 5.41) is 10.5. The maximum absolute atomic E-state index is 13.6. The van der Waals surface area contributed by atoms with E-state index in [0.717, 1.165) is 11.1 Å². The molecule has 2 aromatic heterocycles. The zero-order chi connectivity index (χ0) is 30.1. The molecule has 3 heterocycles. The van der Waals surface area contributed by atoms with Gasteiger partial charge in [0.15, 0.2) is 0 Å². The van der Waals surface area contributed by atoms with Gasteiger partial charge in [-0.25, -0.2) is 9.78 Å². The number of fused-ring (bicyclic) bond motifs is 1. The highest BCUT2D eigenvalue weighted by molar-refractivity contribution is 6.42. The quantitative estimate of drug-likeness (QED) is 0.246. The molecule has 0 unspecified atom stereocenters. The molecular formula is C28H26Cl2N8O4. The Labute approximate surface area is 251 Å². The summed E-state index contributed by atoms with van der Waals surface area (Å²) in [6, 6.07) is 6.59. The number of aromatic nitrogens is 4. The van der Waals surface area contributed by atoms with Crippen molar-refractivity contribution in [2.75, 3.05) is 41.7 Å². The van der Waals surface area contributed by atoms with Crippen molar-refractivity contribution in [3.8, 4) is 22.6 Å². The molecule has 42 heavy (non-hydrogen) atoms. The van der Waals surface area contributed by atoms with E-state index in [1.54, 1.807) is 36.3 Å². The van der Waals surface area contributed by atoms with Gasteiger partial charge in [0, 0.05) is 43.7 Å². The monoisotopic (exact) mass is 608 g/mol. The molecule has 0 fully saturated rings. The fourth-order valence-electron chi connectivity index (χ4n) is 4.46. The van der Waals surface area contributed by atoms with Gasteiger partial charge in [0.2, 0.25) is 11.9 Å². The van der Waals surface area contributed by atoms with Crippen molar-refractivity contribution in [2.24, 2.45) is 7.05 Å². The number of carbonyl (C=O) groups excluding carboxylic acids is 2. The molecule has 0 saturated carbocycles. The predicted octanol–water partition coefficient (Wildman–Crippen LogP) is 5.65. The smallest absolute Gasteiger partial charge is 0.330 e. The molecule has 1 aliphatic rings. The van der Waals surface area contributed by atoms with Crippen molar-refractivity contribution in [1.29, 1.82) is 0 Å². The zero-order valence-electron chi connectivity index (χ0n) is 23.1. The summed E-state index contributed by atoms with van der Waals surface area (Å²) in [5.41, 5.74) is 3.63. The number of benzene rings is 2. The normalized spacial score (nSPS) is 12.6. The molecule has 0 saturated heterocycles. The van der Waals surface area contributed by atoms with E-state index < -0.39 is 6.03 Å². The fraction of sp³-hybridized carbons (Fsp3) is 0.179. The minimum atomic E-state index is -0.427. The number of anilines is 5. The molecule has 1 aliphatic heterocycles. The van der Waals surface area contributed by atoms with Gasteiger partial charge in [-0.15, -0.1) is 0 Å². The van der Waals surface area contributed by atoms with E-state index in [1.165, 1.54) is 30.1 Å². The Morgan fingerprint density at radius 3 is 2.38 bits per heavy atom. The van der Waals surface area contributed by atoms with E-state index in [-0.39, 0.29) is 34.1 Å². The standard InChI is InChI=1S/C28H26Cl2N8O4/c1-6-22(39)33-18-8-7-15(16-12-32-36(2)13-16)9-19(18)34-27-31-11-17-14-38(28(40)37(3)26(17)35-27)25-23(29)20(41-4)10-21(42-5)24(25)30/h6-13H,1,14H2,2-5H3,(H,33,39)(H,31,34,35). The third-order valence-corrected chi connectivity index (χ3v) is 7.30. The molecule has 2 N–H and O–H groups in total. The summed E-state index contributed by atoms with van der Waals surface area (Å²) in [5.74, 6) is 0.820. The minimum absolute atomic E-state index is 0.0890. The van der Waals surface area contributed by atoms with Gasteiger partial charge in [0.05, 0.1) is 44.0 Å². The SMILES string of the molecule is C=CC(=O)Nc1ccc(-c2cnn(C)c2)cc1Nc1ncc2c(n1)N(C)C(=O)N(c1c(Cl)c(OC)cc(OC)c1Cl)C2. The highest BCUT2D eigenvalue weighted by Crippen LogP contribution is 2.47. The van der Waals surface area contributed by atoms with E-state index in [1.807, 2.05) is 25.4 Å². The number of hydrogen-bond donors (Lipinski definition) is 2. The van der Waals surface area contributed by atoms with Crippen LogP contribution in [0.15, 0.2) is 55.5 Å². The number of methoxy groups -OCH3 is 2. The van der Waals surface area contributed by atoms with E-state index in [4.69, 9.17) is 32.7 Å². The number of ether oxygens (including phenoxy) is 2. The zero-order valence-corrected chi connectivity index (χ0v) is 24.6. The molecule has 0 spiro atoms. The largest absolute Gasteiger partial charge is 0.495 e. The van der Waals surface area contributed by atoms with E-state index in [2.05, 4.69) is 32.3 Å². The topological polar surface area (TPSA) is 127 Å². The van der Waals surface area contributed by atoms with Crippen LogP contribution in [0.1, 0.15) is 5.56 Å². The van der Waals surface area contributed by atoms with Gasteiger partial charge in [-0.2, -0.15) is 10.1 Å². The maximum atomic E-state index is 13.6. The lowest BCUT2D eigenvalue weighted by molar-refractivity contribution is -0.111. The Morgan fingerprint density at radius 1 is 1.05 bits per heavy atom. The van der Waals surface area contributed by atoms with E-state index in [9.17, 15) is 9.59 Å². The van der Waals surface area contributed by atoms with Gasteiger partial charge in [-0.05, 0) is 23.8 Å². The molecule has 3 amide bonds. The number of hydrogen-bond acceptors (Lipinski definition) is 8. The molecule has 4 aromatic rings. The van der Waals surface area contributed by atoms with E-state index in [0.29, 0.717) is 34.3 Å². The van der Waals surface area contributed by atoms with Crippen LogP contribution in [-0.4, -0.2) is 53.0 Å². The molecule has 216 valence electrons. The second-order valence-corrected chi connectivity index (χ2v) is 9.97. The van der Waals surface area contributed by atoms with Crippen molar-refractivity contribution in [3.63, 3.8) is 0 Å². The Morgan fingerprint density at radius 2 is 1.76 bits per heavy atom. The number of aryl methyl sites for hydroxylation is 1. The summed E-state index contributed by atoms with van der Waals surface area (Å²) in [4.78, 5) is 37.6. The van der Waals surface area contributed by atoms with Crippen molar-refractivity contribution in [2.45, 2.75) is 6.54 Å². The number of rotatable bonds is 8. The Bertz CT molecular complexity index is 1700. The van der Waals surface area contributed by atoms with Crippen LogP contribution >= 0.6 is 23.2 Å². The molecule has 5 rings (SSSR count). The molecule has 0 radical (unpaired) electrons. The second-order valence-electron chi connectivity index (χ2n) is 9.21. The lowest BCUT2D eigenvalue weighted by Gasteiger charge is -2.35. The lowest BCUT2D eigenvalue weighted by Crippen LogP contribution is -2.46. The Balaban J connectivity index is 1.50. The minimum Gasteiger partial charge on any atom is -0.495 e. The Kier molecular flexibility index (Phi) is 7.92. The first-order valence-electron chi connectivity index (χ1n) is 12.5.